The van der Waals surface area contributed by atoms with Crippen LogP contribution in [0.2, 0.25) is 0 Å². The summed E-state index contributed by atoms with van der Waals surface area (Å²) in [5, 5.41) is 10.7. The molecule has 1 amide bonds. The van der Waals surface area contributed by atoms with E-state index in [0.717, 1.165) is 55.9 Å². The van der Waals surface area contributed by atoms with E-state index in [1.807, 2.05) is 29.2 Å². The van der Waals surface area contributed by atoms with Crippen molar-refractivity contribution in [1.82, 2.24) is 25.2 Å². The highest BCUT2D eigenvalue weighted by Crippen LogP contribution is 2.15. The lowest BCUT2D eigenvalue weighted by molar-refractivity contribution is 0.0638. The zero-order valence-electron chi connectivity index (χ0n) is 15.4. The van der Waals surface area contributed by atoms with Gasteiger partial charge in [-0.2, -0.15) is 15.4 Å². The minimum Gasteiger partial charge on any atom is -0.497 e. The standard InChI is InChI=1S/C20H23N5O2/c1-27-17-5-2-15(3-6-17)8-9-24-10-12-25(13-11-24)20(26)16-4-7-18-19(14-16)22-23-21-18/h2-7,14H,8-13H2,1H3,(H,21,22,23). The monoisotopic (exact) mass is 365 g/mol. The number of piperazine rings is 1. The molecule has 1 N–H and O–H groups in total. The summed E-state index contributed by atoms with van der Waals surface area (Å²) in [5.74, 6) is 0.949. The molecule has 0 spiro atoms. The largest absolute Gasteiger partial charge is 0.497 e. The molecule has 140 valence electrons. The number of H-pyrrole nitrogens is 1. The smallest absolute Gasteiger partial charge is 0.254 e. The number of aromatic amines is 1. The van der Waals surface area contributed by atoms with Crippen LogP contribution in [0.3, 0.4) is 0 Å². The first kappa shape index (κ1) is 17.5. The zero-order valence-corrected chi connectivity index (χ0v) is 15.4. The van der Waals surface area contributed by atoms with Crippen LogP contribution >= 0.6 is 0 Å². The molecule has 0 atom stereocenters. The Morgan fingerprint density at radius 3 is 2.52 bits per heavy atom. The maximum Gasteiger partial charge on any atom is 0.254 e. The third kappa shape index (κ3) is 3.93. The average Bonchev–Trinajstić information content (AvgIpc) is 3.20. The molecule has 1 fully saturated rings. The fourth-order valence-corrected chi connectivity index (χ4v) is 3.41. The number of hydrogen-bond acceptors (Lipinski definition) is 5. The number of methoxy groups -OCH3 is 1. The minimum absolute atomic E-state index is 0.0645. The molecule has 27 heavy (non-hydrogen) atoms. The van der Waals surface area contributed by atoms with Crippen molar-refractivity contribution >= 4 is 16.9 Å². The van der Waals surface area contributed by atoms with Gasteiger partial charge in [0.25, 0.3) is 5.91 Å². The van der Waals surface area contributed by atoms with E-state index in [2.05, 4.69) is 32.4 Å². The van der Waals surface area contributed by atoms with E-state index in [1.54, 1.807) is 13.2 Å². The highest BCUT2D eigenvalue weighted by Gasteiger charge is 2.22. The van der Waals surface area contributed by atoms with E-state index in [-0.39, 0.29) is 5.91 Å². The summed E-state index contributed by atoms with van der Waals surface area (Å²) in [6.07, 6.45) is 1.00. The van der Waals surface area contributed by atoms with Gasteiger partial charge in [-0.3, -0.25) is 9.69 Å². The van der Waals surface area contributed by atoms with Crippen LogP contribution in [-0.2, 0) is 6.42 Å². The van der Waals surface area contributed by atoms with E-state index < -0.39 is 0 Å². The summed E-state index contributed by atoms with van der Waals surface area (Å²) in [7, 11) is 1.68. The van der Waals surface area contributed by atoms with E-state index in [9.17, 15) is 4.79 Å². The van der Waals surface area contributed by atoms with Gasteiger partial charge in [0.2, 0.25) is 0 Å². The summed E-state index contributed by atoms with van der Waals surface area (Å²) >= 11 is 0. The van der Waals surface area contributed by atoms with Gasteiger partial charge in [-0.15, -0.1) is 0 Å². The van der Waals surface area contributed by atoms with Crippen molar-refractivity contribution in [2.45, 2.75) is 6.42 Å². The van der Waals surface area contributed by atoms with Gasteiger partial charge in [0.15, 0.2) is 0 Å². The van der Waals surface area contributed by atoms with E-state index in [0.29, 0.717) is 5.56 Å². The average molecular weight is 365 g/mol. The highest BCUT2D eigenvalue weighted by atomic mass is 16.5. The van der Waals surface area contributed by atoms with Crippen molar-refractivity contribution in [2.75, 3.05) is 39.8 Å². The lowest BCUT2D eigenvalue weighted by Crippen LogP contribution is -2.49. The molecule has 1 saturated heterocycles. The molecule has 4 rings (SSSR count). The molecule has 2 aromatic carbocycles. The first-order chi connectivity index (χ1) is 13.2. The molecular weight excluding hydrogens is 342 g/mol. The molecule has 0 bridgehead atoms. The Hall–Kier alpha value is -2.93. The first-order valence-electron chi connectivity index (χ1n) is 9.18. The van der Waals surface area contributed by atoms with E-state index in [1.165, 1.54) is 5.56 Å². The van der Waals surface area contributed by atoms with Crippen molar-refractivity contribution in [1.29, 1.82) is 0 Å². The molecule has 0 aliphatic carbocycles. The Kier molecular flexibility index (Phi) is 5.02. The molecule has 7 nitrogen and oxygen atoms in total. The second-order valence-electron chi connectivity index (χ2n) is 6.76. The number of fused-ring (bicyclic) bond motifs is 1. The summed E-state index contributed by atoms with van der Waals surface area (Å²) in [4.78, 5) is 17.1. The van der Waals surface area contributed by atoms with Crippen molar-refractivity contribution < 1.29 is 9.53 Å². The minimum atomic E-state index is 0.0645. The third-order valence-electron chi connectivity index (χ3n) is 5.10. The summed E-state index contributed by atoms with van der Waals surface area (Å²) in [6, 6.07) is 13.7. The summed E-state index contributed by atoms with van der Waals surface area (Å²) in [5.41, 5.74) is 3.46. The Balaban J connectivity index is 1.29. The normalized spacial score (nSPS) is 15.2. The molecule has 3 aromatic rings. The number of aromatic nitrogens is 3. The van der Waals surface area contributed by atoms with Gasteiger partial charge in [-0.05, 0) is 42.3 Å². The Bertz CT molecular complexity index is 914. The van der Waals surface area contributed by atoms with Gasteiger partial charge in [-0.1, -0.05) is 12.1 Å². The number of amides is 1. The number of carbonyl (C=O) groups excluding carboxylic acids is 1. The van der Waals surface area contributed by atoms with Crippen molar-refractivity contribution in [2.24, 2.45) is 0 Å². The van der Waals surface area contributed by atoms with E-state index >= 15 is 0 Å². The van der Waals surface area contributed by atoms with Crippen LogP contribution in [0.1, 0.15) is 15.9 Å². The molecule has 0 radical (unpaired) electrons. The van der Waals surface area contributed by atoms with Crippen LogP contribution in [-0.4, -0.2) is 71.0 Å². The van der Waals surface area contributed by atoms with Gasteiger partial charge in [0, 0.05) is 38.3 Å². The highest BCUT2D eigenvalue weighted by molar-refractivity contribution is 5.97. The molecule has 1 aliphatic rings. The zero-order chi connectivity index (χ0) is 18.6. The number of hydrogen-bond donors (Lipinski definition) is 1. The second kappa shape index (κ2) is 7.75. The van der Waals surface area contributed by atoms with Crippen molar-refractivity contribution in [3.8, 4) is 5.75 Å². The number of benzene rings is 2. The van der Waals surface area contributed by atoms with Gasteiger partial charge in [0.05, 0.1) is 7.11 Å². The second-order valence-corrected chi connectivity index (χ2v) is 6.76. The fraction of sp³-hybridized carbons (Fsp3) is 0.350. The van der Waals surface area contributed by atoms with Gasteiger partial charge >= 0.3 is 0 Å². The molecular formula is C20H23N5O2. The molecule has 1 aromatic heterocycles. The maximum atomic E-state index is 12.7. The van der Waals surface area contributed by atoms with Gasteiger partial charge < -0.3 is 9.64 Å². The number of rotatable bonds is 5. The maximum absolute atomic E-state index is 12.7. The topological polar surface area (TPSA) is 74.3 Å². The molecule has 7 heteroatoms. The molecule has 0 unspecified atom stereocenters. The molecule has 1 aliphatic heterocycles. The van der Waals surface area contributed by atoms with Crippen LogP contribution in [0, 0.1) is 0 Å². The van der Waals surface area contributed by atoms with Crippen molar-refractivity contribution in [3.63, 3.8) is 0 Å². The Morgan fingerprint density at radius 2 is 1.78 bits per heavy atom. The van der Waals surface area contributed by atoms with Crippen LogP contribution in [0.4, 0.5) is 0 Å². The van der Waals surface area contributed by atoms with Gasteiger partial charge in [0.1, 0.15) is 16.8 Å². The van der Waals surface area contributed by atoms with Crippen LogP contribution in [0.5, 0.6) is 5.75 Å². The molecule has 2 heterocycles. The molecule has 0 saturated carbocycles. The summed E-state index contributed by atoms with van der Waals surface area (Å²) in [6.45, 7) is 4.29. The fourth-order valence-electron chi connectivity index (χ4n) is 3.41. The number of carbonyl (C=O) groups is 1. The first-order valence-corrected chi connectivity index (χ1v) is 9.18. The predicted molar refractivity (Wildman–Crippen MR) is 103 cm³/mol. The lowest BCUT2D eigenvalue weighted by Gasteiger charge is -2.34. The Labute approximate surface area is 157 Å². The number of nitrogens with one attached hydrogen (secondary N) is 1. The van der Waals surface area contributed by atoms with Crippen molar-refractivity contribution in [3.05, 3.63) is 53.6 Å². The summed E-state index contributed by atoms with van der Waals surface area (Å²) < 4.78 is 5.20. The van der Waals surface area contributed by atoms with Crippen LogP contribution < -0.4 is 4.74 Å². The Morgan fingerprint density at radius 1 is 1.04 bits per heavy atom. The number of ether oxygens (including phenoxy) is 1. The van der Waals surface area contributed by atoms with Crippen LogP contribution in [0.25, 0.3) is 11.0 Å². The van der Waals surface area contributed by atoms with Gasteiger partial charge in [-0.25, -0.2) is 0 Å². The quantitative estimate of drug-likeness (QED) is 0.748. The SMILES string of the molecule is COc1ccc(CCN2CCN(C(=O)c3ccc4n[nH]nc4c3)CC2)cc1. The van der Waals surface area contributed by atoms with Crippen LogP contribution in [0.15, 0.2) is 42.5 Å². The van der Waals surface area contributed by atoms with E-state index in [4.69, 9.17) is 4.74 Å². The lowest BCUT2D eigenvalue weighted by atomic mass is 10.1. The third-order valence-corrected chi connectivity index (χ3v) is 5.10. The number of nitrogens with zero attached hydrogens (tertiary/aromatic N) is 4. The predicted octanol–water partition coefficient (Wildman–Crippen LogP) is 1.97.